The van der Waals surface area contributed by atoms with Gasteiger partial charge in [-0.1, -0.05) is 54.1 Å². The minimum absolute atomic E-state index is 0.0566. The lowest BCUT2D eigenvalue weighted by Crippen LogP contribution is -2.07. The van der Waals surface area contributed by atoms with Gasteiger partial charge in [0.15, 0.2) is 5.70 Å². The van der Waals surface area contributed by atoms with E-state index in [2.05, 4.69) is 4.99 Å². The highest BCUT2D eigenvalue weighted by Crippen LogP contribution is 2.26. The number of hydrogen-bond acceptors (Lipinski definition) is 4. The first-order chi connectivity index (χ1) is 14.1. The molecule has 3 aromatic rings. The second-order valence-corrected chi connectivity index (χ2v) is 6.71. The van der Waals surface area contributed by atoms with Crippen molar-refractivity contribution in [3.05, 3.63) is 106 Å². The van der Waals surface area contributed by atoms with Crippen LogP contribution < -0.4 is 4.74 Å². The minimum Gasteiger partial charge on any atom is -0.488 e. The number of nitrogens with zero attached hydrogens (tertiary/aromatic N) is 1. The average Bonchev–Trinajstić information content (AvgIpc) is 3.09. The zero-order chi connectivity index (χ0) is 20.2. The van der Waals surface area contributed by atoms with Crippen LogP contribution in [0.5, 0.6) is 5.75 Å². The Bertz CT molecular complexity index is 1120. The monoisotopic (exact) mass is 407 g/mol. The number of carbonyl (C=O) groups excluding carboxylic acids is 1. The molecular formula is C23H15ClFNO3. The molecule has 0 bridgehead atoms. The van der Waals surface area contributed by atoms with Crippen LogP contribution in [0.1, 0.15) is 16.7 Å². The molecule has 0 saturated carbocycles. The first-order valence-corrected chi connectivity index (χ1v) is 9.22. The molecule has 0 aromatic heterocycles. The molecule has 29 heavy (non-hydrogen) atoms. The van der Waals surface area contributed by atoms with Gasteiger partial charge in [0.05, 0.1) is 5.56 Å². The van der Waals surface area contributed by atoms with Gasteiger partial charge in [0.1, 0.15) is 18.2 Å². The molecule has 4 nitrogen and oxygen atoms in total. The van der Waals surface area contributed by atoms with Gasteiger partial charge in [0.2, 0.25) is 5.90 Å². The number of hydrogen-bond donors (Lipinski definition) is 0. The van der Waals surface area contributed by atoms with Crippen molar-refractivity contribution >= 4 is 29.5 Å². The first-order valence-electron chi connectivity index (χ1n) is 8.84. The van der Waals surface area contributed by atoms with Gasteiger partial charge in [-0.25, -0.2) is 14.2 Å². The van der Waals surface area contributed by atoms with Crippen LogP contribution in [0.25, 0.3) is 6.08 Å². The molecule has 0 saturated heterocycles. The molecule has 0 atom stereocenters. The zero-order valence-corrected chi connectivity index (χ0v) is 15.9. The fraction of sp³-hybridized carbons (Fsp3) is 0.0435. The fourth-order valence-electron chi connectivity index (χ4n) is 2.78. The molecule has 3 aromatic carbocycles. The lowest BCUT2D eigenvalue weighted by molar-refractivity contribution is -0.129. The number of halogens is 2. The van der Waals surface area contributed by atoms with Gasteiger partial charge >= 0.3 is 5.97 Å². The van der Waals surface area contributed by atoms with Gasteiger partial charge < -0.3 is 9.47 Å². The number of benzene rings is 3. The number of cyclic esters (lactones) is 1. The molecule has 0 radical (unpaired) electrons. The summed E-state index contributed by atoms with van der Waals surface area (Å²) in [5.41, 5.74) is 1.83. The van der Waals surface area contributed by atoms with Gasteiger partial charge in [0, 0.05) is 10.6 Å². The second-order valence-electron chi connectivity index (χ2n) is 6.27. The van der Waals surface area contributed by atoms with E-state index in [-0.39, 0.29) is 17.2 Å². The Morgan fingerprint density at radius 1 is 1.00 bits per heavy atom. The number of para-hydroxylation sites is 1. The first kappa shape index (κ1) is 18.9. The standard InChI is InChI=1S/C23H15ClFNO3/c24-17-11-9-15(10-12-17)14-28-21-8-4-1-5-16(21)13-20-23(27)29-22(26-20)18-6-2-3-7-19(18)25/h1-13H,14H2/b20-13-. The molecule has 6 heteroatoms. The number of carbonyl (C=O) groups is 1. The fourth-order valence-corrected chi connectivity index (χ4v) is 2.91. The SMILES string of the molecule is O=C1OC(c2ccccc2F)=N/C1=C\c1ccccc1OCc1ccc(Cl)cc1. The van der Waals surface area contributed by atoms with Crippen LogP contribution in [-0.2, 0) is 16.1 Å². The molecule has 0 spiro atoms. The molecule has 0 amide bonds. The van der Waals surface area contributed by atoms with E-state index in [1.165, 1.54) is 12.1 Å². The van der Waals surface area contributed by atoms with Crippen molar-refractivity contribution in [2.75, 3.05) is 0 Å². The second kappa shape index (κ2) is 8.29. The quantitative estimate of drug-likeness (QED) is 0.420. The third kappa shape index (κ3) is 4.36. The molecule has 0 fully saturated rings. The molecule has 0 unspecified atom stereocenters. The summed E-state index contributed by atoms with van der Waals surface area (Å²) in [4.78, 5) is 16.4. The van der Waals surface area contributed by atoms with Crippen LogP contribution in [0.15, 0.2) is 83.5 Å². The maximum absolute atomic E-state index is 14.0. The number of esters is 1. The van der Waals surface area contributed by atoms with Crippen molar-refractivity contribution in [3.8, 4) is 5.75 Å². The summed E-state index contributed by atoms with van der Waals surface area (Å²) >= 11 is 5.90. The third-order valence-corrected chi connectivity index (χ3v) is 4.50. The predicted molar refractivity (Wildman–Crippen MR) is 109 cm³/mol. The molecule has 144 valence electrons. The van der Waals surface area contributed by atoms with Crippen molar-refractivity contribution in [3.63, 3.8) is 0 Å². The van der Waals surface area contributed by atoms with Crippen LogP contribution >= 0.6 is 11.6 Å². The predicted octanol–water partition coefficient (Wildman–Crippen LogP) is 5.40. The van der Waals surface area contributed by atoms with Crippen LogP contribution in [0.4, 0.5) is 4.39 Å². The average molecular weight is 408 g/mol. The number of ether oxygens (including phenoxy) is 2. The number of aliphatic imine (C=N–C) groups is 1. The molecule has 4 rings (SSSR count). The lowest BCUT2D eigenvalue weighted by Gasteiger charge is -2.09. The van der Waals surface area contributed by atoms with E-state index in [1.54, 1.807) is 42.5 Å². The van der Waals surface area contributed by atoms with E-state index in [1.807, 2.05) is 24.3 Å². The van der Waals surface area contributed by atoms with Gasteiger partial charge in [-0.3, -0.25) is 0 Å². The molecule has 1 aliphatic heterocycles. The summed E-state index contributed by atoms with van der Waals surface area (Å²) in [6.45, 7) is 0.339. The summed E-state index contributed by atoms with van der Waals surface area (Å²) in [5.74, 6) is -0.626. The van der Waals surface area contributed by atoms with Crippen LogP contribution in [0, 0.1) is 5.82 Å². The Kier molecular flexibility index (Phi) is 5.40. The van der Waals surface area contributed by atoms with Crippen molar-refractivity contribution in [2.24, 2.45) is 4.99 Å². The van der Waals surface area contributed by atoms with Crippen molar-refractivity contribution in [1.29, 1.82) is 0 Å². The summed E-state index contributed by atoms with van der Waals surface area (Å²) in [6.07, 6.45) is 1.56. The van der Waals surface area contributed by atoms with Gasteiger partial charge in [-0.2, -0.15) is 0 Å². The van der Waals surface area contributed by atoms with Crippen molar-refractivity contribution < 1.29 is 18.7 Å². The smallest absolute Gasteiger partial charge is 0.363 e. The van der Waals surface area contributed by atoms with Gasteiger partial charge in [0.25, 0.3) is 0 Å². The Morgan fingerprint density at radius 3 is 2.52 bits per heavy atom. The minimum atomic E-state index is -0.643. The lowest BCUT2D eigenvalue weighted by atomic mass is 10.1. The molecular weight excluding hydrogens is 393 g/mol. The van der Waals surface area contributed by atoms with Gasteiger partial charge in [-0.15, -0.1) is 0 Å². The van der Waals surface area contributed by atoms with Crippen LogP contribution in [-0.4, -0.2) is 11.9 Å². The van der Waals surface area contributed by atoms with E-state index >= 15 is 0 Å². The Morgan fingerprint density at radius 2 is 1.72 bits per heavy atom. The van der Waals surface area contributed by atoms with Crippen molar-refractivity contribution in [1.82, 2.24) is 0 Å². The Hall–Kier alpha value is -3.44. The van der Waals surface area contributed by atoms with Crippen LogP contribution in [0.2, 0.25) is 5.02 Å². The van der Waals surface area contributed by atoms with E-state index in [4.69, 9.17) is 21.1 Å². The highest BCUT2D eigenvalue weighted by atomic mass is 35.5. The normalized spacial score (nSPS) is 14.6. The Labute approximate surface area is 171 Å². The zero-order valence-electron chi connectivity index (χ0n) is 15.1. The topological polar surface area (TPSA) is 47.9 Å². The molecule has 0 N–H and O–H groups in total. The van der Waals surface area contributed by atoms with E-state index in [9.17, 15) is 9.18 Å². The maximum atomic E-state index is 14.0. The van der Waals surface area contributed by atoms with Crippen molar-refractivity contribution in [2.45, 2.75) is 6.61 Å². The highest BCUT2D eigenvalue weighted by molar-refractivity contribution is 6.30. The number of rotatable bonds is 5. The van der Waals surface area contributed by atoms with Crippen LogP contribution in [0.3, 0.4) is 0 Å². The maximum Gasteiger partial charge on any atom is 0.363 e. The van der Waals surface area contributed by atoms with Gasteiger partial charge in [-0.05, 0) is 42.0 Å². The third-order valence-electron chi connectivity index (χ3n) is 4.24. The largest absolute Gasteiger partial charge is 0.488 e. The molecule has 1 aliphatic rings. The summed E-state index contributed by atoms with van der Waals surface area (Å²) < 4.78 is 25.0. The van der Waals surface area contributed by atoms with E-state index in [0.29, 0.717) is 22.9 Å². The Balaban J connectivity index is 1.58. The molecule has 0 aliphatic carbocycles. The highest BCUT2D eigenvalue weighted by Gasteiger charge is 2.26. The summed E-state index contributed by atoms with van der Waals surface area (Å²) in [6, 6.07) is 20.6. The summed E-state index contributed by atoms with van der Waals surface area (Å²) in [7, 11) is 0. The summed E-state index contributed by atoms with van der Waals surface area (Å²) in [5, 5.41) is 0.655. The van der Waals surface area contributed by atoms with E-state index in [0.717, 1.165) is 5.56 Å². The van der Waals surface area contributed by atoms with E-state index < -0.39 is 11.8 Å². The molecule has 1 heterocycles.